The molecule has 1 aliphatic heterocycles. The number of rotatable bonds is 8. The van der Waals surface area contributed by atoms with Crippen molar-refractivity contribution in [1.82, 2.24) is 5.32 Å². The zero-order chi connectivity index (χ0) is 16.8. The summed E-state index contributed by atoms with van der Waals surface area (Å²) in [5.74, 6) is 1.15. The fraction of sp³-hybridized carbons (Fsp3) is 0.588. The molecule has 0 amide bonds. The van der Waals surface area contributed by atoms with E-state index in [1.807, 2.05) is 26.0 Å². The smallest absolute Gasteiger partial charge is 0.307 e. The van der Waals surface area contributed by atoms with Gasteiger partial charge in [-0.3, -0.25) is 4.79 Å². The summed E-state index contributed by atoms with van der Waals surface area (Å²) in [4.78, 5) is 11.3. The second-order valence-corrected chi connectivity index (χ2v) is 6.12. The standard InChI is InChI=1S/C17H25NO5/c1-11(2)6-13(17(19)20)10-18-9-12-7-14(21-3)16-15(8-12)22-4-5-23-16/h7-8,11,13,18H,4-6,9-10H2,1-3H3,(H,19,20). The van der Waals surface area contributed by atoms with Crippen molar-refractivity contribution in [3.05, 3.63) is 17.7 Å². The highest BCUT2D eigenvalue weighted by Crippen LogP contribution is 2.40. The minimum atomic E-state index is -0.758. The van der Waals surface area contributed by atoms with Gasteiger partial charge < -0.3 is 24.6 Å². The Hall–Kier alpha value is -1.95. The van der Waals surface area contributed by atoms with Crippen LogP contribution in [0.1, 0.15) is 25.8 Å². The monoisotopic (exact) mass is 323 g/mol. The zero-order valence-corrected chi connectivity index (χ0v) is 13.9. The van der Waals surface area contributed by atoms with Crippen molar-refractivity contribution in [3.63, 3.8) is 0 Å². The fourth-order valence-corrected chi connectivity index (χ4v) is 2.66. The molecule has 0 aliphatic carbocycles. The third-order valence-electron chi connectivity index (χ3n) is 3.71. The molecule has 1 aromatic carbocycles. The summed E-state index contributed by atoms with van der Waals surface area (Å²) in [6.07, 6.45) is 0.660. The van der Waals surface area contributed by atoms with Crippen molar-refractivity contribution < 1.29 is 24.1 Å². The van der Waals surface area contributed by atoms with E-state index in [1.165, 1.54) is 0 Å². The first-order chi connectivity index (χ1) is 11.0. The van der Waals surface area contributed by atoms with Crippen LogP contribution < -0.4 is 19.5 Å². The quantitative estimate of drug-likeness (QED) is 0.764. The second-order valence-electron chi connectivity index (χ2n) is 6.12. The topological polar surface area (TPSA) is 77.0 Å². The first kappa shape index (κ1) is 17.4. The Morgan fingerprint density at radius 1 is 1.35 bits per heavy atom. The number of benzene rings is 1. The normalized spacial score (nSPS) is 14.6. The molecule has 1 aromatic rings. The van der Waals surface area contributed by atoms with Crippen molar-refractivity contribution in [2.75, 3.05) is 26.9 Å². The first-order valence-corrected chi connectivity index (χ1v) is 7.91. The highest BCUT2D eigenvalue weighted by Gasteiger charge is 2.20. The van der Waals surface area contributed by atoms with Gasteiger partial charge in [-0.05, 0) is 30.0 Å². The maximum atomic E-state index is 11.3. The fourth-order valence-electron chi connectivity index (χ4n) is 2.66. The number of hydrogen-bond acceptors (Lipinski definition) is 5. The molecular formula is C17H25NO5. The van der Waals surface area contributed by atoms with E-state index >= 15 is 0 Å². The van der Waals surface area contributed by atoms with Gasteiger partial charge in [0.05, 0.1) is 13.0 Å². The van der Waals surface area contributed by atoms with E-state index in [9.17, 15) is 9.90 Å². The van der Waals surface area contributed by atoms with E-state index in [4.69, 9.17) is 14.2 Å². The van der Waals surface area contributed by atoms with Crippen LogP contribution >= 0.6 is 0 Å². The van der Waals surface area contributed by atoms with E-state index in [1.54, 1.807) is 7.11 Å². The van der Waals surface area contributed by atoms with E-state index in [-0.39, 0.29) is 5.92 Å². The van der Waals surface area contributed by atoms with Crippen LogP contribution in [0.5, 0.6) is 17.2 Å². The van der Waals surface area contributed by atoms with Crippen LogP contribution in [0.15, 0.2) is 12.1 Å². The van der Waals surface area contributed by atoms with Crippen molar-refractivity contribution in [2.45, 2.75) is 26.8 Å². The van der Waals surface area contributed by atoms with Crippen LogP contribution in [0.25, 0.3) is 0 Å². The van der Waals surface area contributed by atoms with Crippen LogP contribution in [0.3, 0.4) is 0 Å². The Bertz CT molecular complexity index is 527. The van der Waals surface area contributed by atoms with E-state index in [2.05, 4.69) is 5.32 Å². The molecule has 1 unspecified atom stereocenters. The van der Waals surface area contributed by atoms with Crippen molar-refractivity contribution >= 4 is 5.97 Å². The lowest BCUT2D eigenvalue weighted by Gasteiger charge is -2.22. The lowest BCUT2D eigenvalue weighted by Crippen LogP contribution is -2.29. The summed E-state index contributed by atoms with van der Waals surface area (Å²) >= 11 is 0. The predicted octanol–water partition coefficient (Wildman–Crippen LogP) is 2.30. The molecule has 128 valence electrons. The molecule has 0 saturated carbocycles. The number of nitrogens with one attached hydrogen (secondary N) is 1. The number of methoxy groups -OCH3 is 1. The molecule has 6 nitrogen and oxygen atoms in total. The molecule has 2 N–H and O–H groups in total. The SMILES string of the molecule is COc1cc(CNCC(CC(C)C)C(=O)O)cc2c1OCCO2. The second kappa shape index (κ2) is 8.06. The van der Waals surface area contributed by atoms with Gasteiger partial charge in [-0.1, -0.05) is 13.8 Å². The molecule has 0 aromatic heterocycles. The average Bonchev–Trinajstić information content (AvgIpc) is 2.52. The van der Waals surface area contributed by atoms with Gasteiger partial charge in [0.25, 0.3) is 0 Å². The number of aliphatic carboxylic acids is 1. The third kappa shape index (κ3) is 4.76. The highest BCUT2D eigenvalue weighted by atomic mass is 16.6. The molecule has 0 radical (unpaired) electrons. The Labute approximate surface area is 136 Å². The minimum absolute atomic E-state index is 0.354. The first-order valence-electron chi connectivity index (χ1n) is 7.91. The van der Waals surface area contributed by atoms with Gasteiger partial charge in [-0.2, -0.15) is 0 Å². The van der Waals surface area contributed by atoms with Gasteiger partial charge in [0.2, 0.25) is 5.75 Å². The Kier molecular flexibility index (Phi) is 6.10. The number of carboxylic acids is 1. The number of carboxylic acid groups (broad SMARTS) is 1. The molecule has 6 heteroatoms. The van der Waals surface area contributed by atoms with E-state index < -0.39 is 5.97 Å². The Balaban J connectivity index is 1.99. The molecule has 0 bridgehead atoms. The van der Waals surface area contributed by atoms with Crippen LogP contribution in [-0.4, -0.2) is 37.9 Å². The number of hydrogen-bond donors (Lipinski definition) is 2. The molecule has 0 spiro atoms. The van der Waals surface area contributed by atoms with Gasteiger partial charge in [0.15, 0.2) is 11.5 Å². The Morgan fingerprint density at radius 2 is 2.09 bits per heavy atom. The average molecular weight is 323 g/mol. The maximum Gasteiger partial charge on any atom is 0.307 e. The number of ether oxygens (including phenoxy) is 3. The van der Waals surface area contributed by atoms with E-state index in [0.29, 0.717) is 55.9 Å². The van der Waals surface area contributed by atoms with E-state index in [0.717, 1.165) is 5.56 Å². The Morgan fingerprint density at radius 3 is 2.74 bits per heavy atom. The van der Waals surface area contributed by atoms with Gasteiger partial charge in [-0.25, -0.2) is 0 Å². The molecular weight excluding hydrogens is 298 g/mol. The van der Waals surface area contributed by atoms with Gasteiger partial charge in [-0.15, -0.1) is 0 Å². The van der Waals surface area contributed by atoms with Gasteiger partial charge >= 0.3 is 5.97 Å². The summed E-state index contributed by atoms with van der Waals surface area (Å²) in [6.45, 7) is 6.07. The molecule has 1 atom stereocenters. The van der Waals surface area contributed by atoms with Gasteiger partial charge in [0.1, 0.15) is 13.2 Å². The summed E-state index contributed by atoms with van der Waals surface area (Å²) in [6, 6.07) is 3.79. The minimum Gasteiger partial charge on any atom is -0.493 e. The summed E-state index contributed by atoms with van der Waals surface area (Å²) in [7, 11) is 1.59. The van der Waals surface area contributed by atoms with Crippen LogP contribution in [0.4, 0.5) is 0 Å². The number of fused-ring (bicyclic) bond motifs is 1. The van der Waals surface area contributed by atoms with Crippen molar-refractivity contribution in [1.29, 1.82) is 0 Å². The molecule has 0 saturated heterocycles. The lowest BCUT2D eigenvalue weighted by atomic mass is 9.97. The van der Waals surface area contributed by atoms with Crippen LogP contribution in [0, 0.1) is 11.8 Å². The molecule has 1 aliphatic rings. The predicted molar refractivity (Wildman–Crippen MR) is 86.3 cm³/mol. The zero-order valence-electron chi connectivity index (χ0n) is 13.9. The molecule has 23 heavy (non-hydrogen) atoms. The van der Waals surface area contributed by atoms with Crippen molar-refractivity contribution in [3.8, 4) is 17.2 Å². The molecule has 0 fully saturated rings. The largest absolute Gasteiger partial charge is 0.493 e. The maximum absolute atomic E-state index is 11.3. The molecule has 2 rings (SSSR count). The summed E-state index contributed by atoms with van der Waals surface area (Å²) in [5.41, 5.74) is 0.972. The third-order valence-corrected chi connectivity index (χ3v) is 3.71. The van der Waals surface area contributed by atoms with Crippen molar-refractivity contribution in [2.24, 2.45) is 11.8 Å². The summed E-state index contributed by atoms with van der Waals surface area (Å²) < 4.78 is 16.5. The van der Waals surface area contributed by atoms with Crippen LogP contribution in [0.2, 0.25) is 0 Å². The number of carbonyl (C=O) groups is 1. The van der Waals surface area contributed by atoms with Gasteiger partial charge in [0, 0.05) is 13.1 Å². The molecule has 1 heterocycles. The lowest BCUT2D eigenvalue weighted by molar-refractivity contribution is -0.142. The van der Waals surface area contributed by atoms with Crippen LogP contribution in [-0.2, 0) is 11.3 Å². The summed E-state index contributed by atoms with van der Waals surface area (Å²) in [5, 5.41) is 12.5. The highest BCUT2D eigenvalue weighted by molar-refractivity contribution is 5.70.